The van der Waals surface area contributed by atoms with Gasteiger partial charge >= 0.3 is 0 Å². The Bertz CT molecular complexity index is 1150. The lowest BCUT2D eigenvalue weighted by Crippen LogP contribution is -2.49. The Balaban J connectivity index is 1.65. The first kappa shape index (κ1) is 25.7. The number of carbonyl (C=O) groups excluding carboxylic acids is 1. The number of aromatic nitrogens is 1. The molecule has 1 aromatic heterocycles. The summed E-state index contributed by atoms with van der Waals surface area (Å²) < 4.78 is 11.7. The van der Waals surface area contributed by atoms with E-state index >= 15 is 0 Å². The summed E-state index contributed by atoms with van der Waals surface area (Å²) in [6.07, 6.45) is 1.56. The zero-order valence-corrected chi connectivity index (χ0v) is 21.4. The van der Waals surface area contributed by atoms with Gasteiger partial charge in [0.05, 0.1) is 19.8 Å². The van der Waals surface area contributed by atoms with E-state index in [1.165, 1.54) is 5.56 Å². The van der Waals surface area contributed by atoms with E-state index in [9.17, 15) is 9.90 Å². The van der Waals surface area contributed by atoms with Gasteiger partial charge in [-0.1, -0.05) is 49.4 Å². The Morgan fingerprint density at radius 3 is 2.56 bits per heavy atom. The minimum Gasteiger partial charge on any atom is -0.497 e. The van der Waals surface area contributed by atoms with Crippen molar-refractivity contribution in [1.29, 1.82) is 0 Å². The Morgan fingerprint density at radius 1 is 1.17 bits per heavy atom. The molecule has 1 amide bonds. The Kier molecular flexibility index (Phi) is 8.23. The predicted octanol–water partition coefficient (Wildman–Crippen LogP) is 4.11. The number of aliphatic hydroxyl groups is 1. The summed E-state index contributed by atoms with van der Waals surface area (Å²) in [4.78, 5) is 22.2. The van der Waals surface area contributed by atoms with Crippen LogP contribution in [0.1, 0.15) is 29.8 Å². The van der Waals surface area contributed by atoms with Crippen LogP contribution in [-0.2, 0) is 6.54 Å². The molecule has 2 heterocycles. The molecule has 0 spiro atoms. The maximum atomic E-state index is 13.7. The second-order valence-corrected chi connectivity index (χ2v) is 9.61. The van der Waals surface area contributed by atoms with E-state index in [4.69, 9.17) is 9.47 Å². The van der Waals surface area contributed by atoms with Crippen molar-refractivity contribution < 1.29 is 19.4 Å². The van der Waals surface area contributed by atoms with E-state index in [-0.39, 0.29) is 30.6 Å². The molecule has 3 aromatic rings. The minimum atomic E-state index is -0.321. The molecule has 0 fully saturated rings. The maximum Gasteiger partial charge on any atom is 0.259 e. The highest BCUT2D eigenvalue weighted by molar-refractivity contribution is 5.98. The number of amides is 1. The average Bonchev–Trinajstić information content (AvgIpc) is 2.90. The molecule has 0 bridgehead atoms. The van der Waals surface area contributed by atoms with Crippen LogP contribution in [0.25, 0.3) is 11.1 Å². The van der Waals surface area contributed by atoms with Gasteiger partial charge in [-0.2, -0.15) is 0 Å². The highest BCUT2D eigenvalue weighted by Crippen LogP contribution is 2.31. The molecule has 3 atom stereocenters. The van der Waals surface area contributed by atoms with Crippen LogP contribution in [0.2, 0.25) is 0 Å². The van der Waals surface area contributed by atoms with Crippen molar-refractivity contribution in [3.8, 4) is 22.8 Å². The van der Waals surface area contributed by atoms with Gasteiger partial charge in [0.2, 0.25) is 5.88 Å². The summed E-state index contributed by atoms with van der Waals surface area (Å²) in [5, 5.41) is 9.90. The first-order valence-corrected chi connectivity index (χ1v) is 12.3. The van der Waals surface area contributed by atoms with E-state index in [1.54, 1.807) is 18.2 Å². The van der Waals surface area contributed by atoms with Crippen molar-refractivity contribution in [2.75, 3.05) is 33.9 Å². The van der Waals surface area contributed by atoms with E-state index in [0.717, 1.165) is 23.4 Å². The van der Waals surface area contributed by atoms with Gasteiger partial charge in [-0.3, -0.25) is 9.69 Å². The third kappa shape index (κ3) is 5.86. The second-order valence-electron chi connectivity index (χ2n) is 9.61. The molecular formula is C29H35N3O4. The van der Waals surface area contributed by atoms with Gasteiger partial charge in [-0.05, 0) is 43.3 Å². The summed E-state index contributed by atoms with van der Waals surface area (Å²) >= 11 is 0. The first-order chi connectivity index (χ1) is 17.4. The fourth-order valence-electron chi connectivity index (χ4n) is 4.53. The molecule has 7 nitrogen and oxygen atoms in total. The van der Waals surface area contributed by atoms with Crippen LogP contribution in [0.5, 0.6) is 11.6 Å². The molecule has 0 saturated heterocycles. The van der Waals surface area contributed by atoms with Crippen molar-refractivity contribution in [3.05, 3.63) is 78.0 Å². The van der Waals surface area contributed by atoms with Crippen LogP contribution in [-0.4, -0.2) is 71.8 Å². The third-order valence-corrected chi connectivity index (χ3v) is 6.73. The van der Waals surface area contributed by atoms with Crippen LogP contribution in [0.4, 0.5) is 0 Å². The number of ether oxygens (including phenoxy) is 2. The number of fused-ring (bicyclic) bond motifs is 1. The number of nitrogens with zero attached hydrogens (tertiary/aromatic N) is 3. The molecule has 4 rings (SSSR count). The number of hydrogen-bond acceptors (Lipinski definition) is 6. The molecule has 190 valence electrons. The molecule has 0 saturated carbocycles. The summed E-state index contributed by atoms with van der Waals surface area (Å²) in [5.74, 6) is 0.948. The van der Waals surface area contributed by atoms with Crippen LogP contribution >= 0.6 is 0 Å². The number of methoxy groups -OCH3 is 1. The molecule has 0 radical (unpaired) electrons. The van der Waals surface area contributed by atoms with Gasteiger partial charge in [0, 0.05) is 37.3 Å². The lowest BCUT2D eigenvalue weighted by atomic mass is 9.99. The van der Waals surface area contributed by atoms with Gasteiger partial charge in [0.1, 0.15) is 17.4 Å². The number of hydrogen-bond donors (Lipinski definition) is 1. The van der Waals surface area contributed by atoms with E-state index < -0.39 is 0 Å². The van der Waals surface area contributed by atoms with Crippen LogP contribution in [0.15, 0.2) is 66.9 Å². The van der Waals surface area contributed by atoms with E-state index in [1.807, 2.05) is 55.5 Å². The quantitative estimate of drug-likeness (QED) is 0.513. The predicted molar refractivity (Wildman–Crippen MR) is 140 cm³/mol. The molecule has 0 aliphatic carbocycles. The Labute approximate surface area is 213 Å². The fraction of sp³-hybridized carbons (Fsp3) is 0.379. The highest BCUT2D eigenvalue weighted by Gasteiger charge is 2.34. The molecule has 36 heavy (non-hydrogen) atoms. The Morgan fingerprint density at radius 2 is 1.89 bits per heavy atom. The summed E-state index contributed by atoms with van der Waals surface area (Å²) in [5.41, 5.74) is 3.38. The average molecular weight is 490 g/mol. The van der Waals surface area contributed by atoms with Gasteiger partial charge in [-0.25, -0.2) is 4.98 Å². The van der Waals surface area contributed by atoms with E-state index in [0.29, 0.717) is 24.5 Å². The smallest absolute Gasteiger partial charge is 0.259 e. The lowest BCUT2D eigenvalue weighted by Gasteiger charge is -2.37. The normalized spacial score (nSPS) is 18.7. The third-order valence-electron chi connectivity index (χ3n) is 6.73. The first-order valence-electron chi connectivity index (χ1n) is 12.3. The molecule has 1 aliphatic heterocycles. The maximum absolute atomic E-state index is 13.7. The number of aliphatic hydroxyl groups excluding tert-OH is 1. The van der Waals surface area contributed by atoms with Crippen molar-refractivity contribution in [1.82, 2.24) is 14.8 Å². The zero-order valence-electron chi connectivity index (χ0n) is 21.4. The Hall–Kier alpha value is -3.42. The summed E-state index contributed by atoms with van der Waals surface area (Å²) in [7, 11) is 3.70. The van der Waals surface area contributed by atoms with Crippen LogP contribution in [0.3, 0.4) is 0 Å². The topological polar surface area (TPSA) is 75.1 Å². The number of likely N-dealkylation sites (N-methyl/N-ethyl adjacent to an activating group) is 1. The molecule has 1 aliphatic rings. The summed E-state index contributed by atoms with van der Waals surface area (Å²) in [6, 6.07) is 19.5. The largest absolute Gasteiger partial charge is 0.497 e. The number of carbonyl (C=O) groups is 1. The van der Waals surface area contributed by atoms with Gasteiger partial charge in [-0.15, -0.1) is 0 Å². The monoisotopic (exact) mass is 489 g/mol. The van der Waals surface area contributed by atoms with Crippen molar-refractivity contribution in [2.24, 2.45) is 5.92 Å². The SMILES string of the molecule is COc1ccc(-c2cnc3c(c2)C(=O)N([C@H](C)CO)C[C@H](C)[C@H](CN(C)Cc2ccccc2)O3)cc1. The second kappa shape index (κ2) is 11.5. The molecule has 7 heteroatoms. The van der Waals surface area contributed by atoms with Gasteiger partial charge < -0.3 is 19.5 Å². The van der Waals surface area contributed by atoms with Gasteiger partial charge in [0.25, 0.3) is 5.91 Å². The lowest BCUT2D eigenvalue weighted by molar-refractivity contribution is 0.0325. The van der Waals surface area contributed by atoms with Crippen molar-refractivity contribution in [2.45, 2.75) is 32.5 Å². The van der Waals surface area contributed by atoms with E-state index in [2.05, 4.69) is 36.0 Å². The number of pyridine rings is 1. The molecule has 2 aromatic carbocycles. The van der Waals surface area contributed by atoms with Crippen molar-refractivity contribution >= 4 is 5.91 Å². The molecule has 0 unspecified atom stereocenters. The van der Waals surface area contributed by atoms with Crippen LogP contribution < -0.4 is 9.47 Å². The van der Waals surface area contributed by atoms with Crippen molar-refractivity contribution in [3.63, 3.8) is 0 Å². The number of benzene rings is 2. The summed E-state index contributed by atoms with van der Waals surface area (Å²) in [6.45, 7) is 5.79. The molecule has 1 N–H and O–H groups in total. The highest BCUT2D eigenvalue weighted by atomic mass is 16.5. The van der Waals surface area contributed by atoms with Crippen LogP contribution in [0, 0.1) is 5.92 Å². The fourth-order valence-corrected chi connectivity index (χ4v) is 4.53. The zero-order chi connectivity index (χ0) is 25.7. The number of rotatable bonds is 8. The standard InChI is InChI=1S/C29H35N3O4/c1-20-16-32(21(2)19-33)29(34)26-14-24(23-10-12-25(35-4)13-11-23)15-30-28(26)36-27(20)18-31(3)17-22-8-6-5-7-9-22/h5-15,20-21,27,33H,16-19H2,1-4H3/t20-,21+,27-/m0/s1. The molecular weight excluding hydrogens is 454 g/mol. The minimum absolute atomic E-state index is 0.0392. The van der Waals surface area contributed by atoms with Gasteiger partial charge in [0.15, 0.2) is 0 Å².